The summed E-state index contributed by atoms with van der Waals surface area (Å²) in [4.78, 5) is 47.4. The van der Waals surface area contributed by atoms with Crippen LogP contribution in [0, 0.1) is 0 Å². The third kappa shape index (κ3) is 6.93. The van der Waals surface area contributed by atoms with Gasteiger partial charge in [0.2, 0.25) is 0 Å². The van der Waals surface area contributed by atoms with E-state index in [1.54, 1.807) is 12.1 Å². The molecule has 1 aromatic carbocycles. The van der Waals surface area contributed by atoms with E-state index in [0.29, 0.717) is 5.56 Å². The first kappa shape index (κ1) is 20.0. The minimum atomic E-state index is -4.97. The van der Waals surface area contributed by atoms with Crippen LogP contribution in [0.15, 0.2) is 24.3 Å². The van der Waals surface area contributed by atoms with Crippen molar-refractivity contribution in [2.45, 2.75) is 31.3 Å². The molecule has 0 amide bonds. The first-order chi connectivity index (χ1) is 10.5. The molecule has 0 heterocycles. The lowest BCUT2D eigenvalue weighted by atomic mass is 10.2. The number of carbonyl (C=O) groups is 1. The third-order valence-corrected chi connectivity index (χ3v) is 6.83. The Hall–Kier alpha value is -1.05. The van der Waals surface area contributed by atoms with Crippen LogP contribution in [0.3, 0.4) is 0 Å². The zero-order valence-electron chi connectivity index (χ0n) is 12.0. The smallest absolute Gasteiger partial charge is 0.340 e. The van der Waals surface area contributed by atoms with Gasteiger partial charge in [-0.1, -0.05) is 12.1 Å². The molecule has 0 aliphatic heterocycles. The summed E-state index contributed by atoms with van der Waals surface area (Å²) in [5.74, 6) is -0.467. The first-order valence-corrected chi connectivity index (χ1v) is 9.91. The number of benzene rings is 1. The van der Waals surface area contributed by atoms with Crippen LogP contribution in [0.1, 0.15) is 24.8 Å². The molecule has 130 valence electrons. The van der Waals surface area contributed by atoms with Crippen molar-refractivity contribution in [3.63, 3.8) is 0 Å². The van der Waals surface area contributed by atoms with Gasteiger partial charge in [-0.05, 0) is 30.5 Å². The highest BCUT2D eigenvalue weighted by Gasteiger charge is 2.42. The van der Waals surface area contributed by atoms with Crippen molar-refractivity contribution in [3.05, 3.63) is 29.8 Å². The molecule has 0 spiro atoms. The van der Waals surface area contributed by atoms with Gasteiger partial charge < -0.3 is 29.4 Å². The Balaban J connectivity index is 2.52. The minimum absolute atomic E-state index is 0.144. The zero-order valence-corrected chi connectivity index (χ0v) is 13.8. The van der Waals surface area contributed by atoms with Crippen molar-refractivity contribution in [2.24, 2.45) is 0 Å². The van der Waals surface area contributed by atoms with Gasteiger partial charge in [0.05, 0.1) is 6.61 Å². The van der Waals surface area contributed by atoms with Crippen LogP contribution in [-0.4, -0.2) is 36.0 Å². The maximum Gasteiger partial charge on any atom is 0.340 e. The summed E-state index contributed by atoms with van der Waals surface area (Å²) in [7, 11) is -9.94. The molecule has 0 aromatic heterocycles. The molecule has 0 unspecified atom stereocenters. The van der Waals surface area contributed by atoms with Gasteiger partial charge in [-0.15, -0.1) is 0 Å². The largest absolute Gasteiger partial charge is 0.427 e. The molecule has 0 saturated heterocycles. The molecule has 0 bridgehead atoms. The van der Waals surface area contributed by atoms with Crippen molar-refractivity contribution in [3.8, 4) is 5.75 Å². The number of ether oxygens (including phenoxy) is 1. The van der Waals surface area contributed by atoms with E-state index in [1.165, 1.54) is 12.1 Å². The van der Waals surface area contributed by atoms with Crippen LogP contribution in [0.4, 0.5) is 0 Å². The lowest BCUT2D eigenvalue weighted by molar-refractivity contribution is -0.134. The van der Waals surface area contributed by atoms with Gasteiger partial charge in [0.15, 0.2) is 5.40 Å². The van der Waals surface area contributed by atoms with E-state index < -0.39 is 33.0 Å². The number of carbonyl (C=O) groups excluding carboxylic acids is 1. The minimum Gasteiger partial charge on any atom is -0.427 e. The molecule has 5 N–H and O–H groups in total. The standard InChI is InChI=1S/C12H18O9P2/c13-8-9-4-6-10(7-5-9)21-11(14)2-1-3-12(22(15,16)17)23(18,19)20/h4-7,12-13H,1-3,8H2,(H2,15,16,17)(H2,18,19,20). The molecule has 23 heavy (non-hydrogen) atoms. The quantitative estimate of drug-likeness (QED) is 0.255. The highest BCUT2D eigenvalue weighted by molar-refractivity contribution is 7.70. The molecule has 0 saturated carbocycles. The molecule has 9 nitrogen and oxygen atoms in total. The molecule has 0 aliphatic rings. The first-order valence-electron chi connectivity index (χ1n) is 6.55. The Morgan fingerprint density at radius 1 is 1.04 bits per heavy atom. The van der Waals surface area contributed by atoms with Crippen LogP contribution in [0.2, 0.25) is 0 Å². The zero-order chi connectivity index (χ0) is 17.7. The fourth-order valence-electron chi connectivity index (χ4n) is 1.81. The molecule has 0 atom stereocenters. The molecule has 1 aromatic rings. The topological polar surface area (TPSA) is 162 Å². The van der Waals surface area contributed by atoms with Crippen molar-refractivity contribution in [1.82, 2.24) is 0 Å². The van der Waals surface area contributed by atoms with Crippen molar-refractivity contribution < 1.29 is 43.3 Å². The van der Waals surface area contributed by atoms with Gasteiger partial charge in [0.25, 0.3) is 0 Å². The Kier molecular flexibility index (Phi) is 7.10. The lowest BCUT2D eigenvalue weighted by Crippen LogP contribution is -2.12. The van der Waals surface area contributed by atoms with E-state index in [9.17, 15) is 13.9 Å². The fraction of sp³-hybridized carbons (Fsp3) is 0.417. The summed E-state index contributed by atoms with van der Waals surface area (Å²) in [5.41, 5.74) is 0.635. The predicted octanol–water partition coefficient (Wildman–Crippen LogP) is 0.936. The molecule has 1 rings (SSSR count). The van der Waals surface area contributed by atoms with Gasteiger partial charge in [-0.3, -0.25) is 13.9 Å². The number of esters is 1. The lowest BCUT2D eigenvalue weighted by Gasteiger charge is -2.19. The number of hydrogen-bond acceptors (Lipinski definition) is 5. The Bertz CT molecular complexity index is 594. The number of aliphatic hydroxyl groups excluding tert-OH is 1. The van der Waals surface area contributed by atoms with E-state index in [0.717, 1.165) is 0 Å². The Labute approximate surface area is 132 Å². The van der Waals surface area contributed by atoms with Crippen molar-refractivity contribution >= 4 is 21.2 Å². The summed E-state index contributed by atoms with van der Waals surface area (Å²) >= 11 is 0. The molecule has 0 radical (unpaired) electrons. The van der Waals surface area contributed by atoms with Crippen LogP contribution >= 0.6 is 15.2 Å². The van der Waals surface area contributed by atoms with E-state index in [4.69, 9.17) is 29.4 Å². The highest BCUT2D eigenvalue weighted by Crippen LogP contribution is 2.61. The van der Waals surface area contributed by atoms with Crippen LogP contribution in [-0.2, 0) is 20.5 Å². The molecule has 0 fully saturated rings. The van der Waals surface area contributed by atoms with Gasteiger partial charge >= 0.3 is 21.2 Å². The fourth-order valence-corrected chi connectivity index (χ4v) is 4.41. The van der Waals surface area contributed by atoms with E-state index in [-0.39, 0.29) is 25.2 Å². The van der Waals surface area contributed by atoms with Gasteiger partial charge in [-0.25, -0.2) is 0 Å². The molecular weight excluding hydrogens is 350 g/mol. The van der Waals surface area contributed by atoms with Crippen LogP contribution in [0.5, 0.6) is 5.75 Å². The second-order valence-corrected chi connectivity index (χ2v) is 8.84. The highest BCUT2D eigenvalue weighted by atomic mass is 31.2. The summed E-state index contributed by atoms with van der Waals surface area (Å²) in [6, 6.07) is 6.05. The molecular formula is C12H18O9P2. The average Bonchev–Trinajstić information content (AvgIpc) is 2.41. The Morgan fingerprint density at radius 3 is 2.00 bits per heavy atom. The number of aliphatic hydroxyl groups is 1. The summed E-state index contributed by atoms with van der Waals surface area (Å²) in [6.07, 6.45) is -0.903. The SMILES string of the molecule is O=C(CCCC(P(=O)(O)O)P(=O)(O)O)Oc1ccc(CO)cc1. The summed E-state index contributed by atoms with van der Waals surface area (Å²) in [6.45, 7) is -0.152. The second kappa shape index (κ2) is 8.17. The maximum atomic E-state index is 11.6. The monoisotopic (exact) mass is 368 g/mol. The molecule has 11 heteroatoms. The average molecular weight is 368 g/mol. The third-order valence-electron chi connectivity index (χ3n) is 2.96. The second-order valence-electron chi connectivity index (χ2n) is 4.83. The van der Waals surface area contributed by atoms with E-state index in [2.05, 4.69) is 0 Å². The molecule has 0 aliphatic carbocycles. The predicted molar refractivity (Wildman–Crippen MR) is 79.7 cm³/mol. The van der Waals surface area contributed by atoms with Gasteiger partial charge in [0.1, 0.15) is 5.75 Å². The van der Waals surface area contributed by atoms with Crippen LogP contribution < -0.4 is 4.74 Å². The number of hydrogen-bond donors (Lipinski definition) is 5. The van der Waals surface area contributed by atoms with Crippen molar-refractivity contribution in [2.75, 3.05) is 0 Å². The van der Waals surface area contributed by atoms with Crippen LogP contribution in [0.25, 0.3) is 0 Å². The van der Waals surface area contributed by atoms with Gasteiger partial charge in [0, 0.05) is 6.42 Å². The Morgan fingerprint density at radius 2 is 1.57 bits per heavy atom. The summed E-state index contributed by atoms with van der Waals surface area (Å²) in [5, 5.41) is 6.76. The number of rotatable bonds is 8. The van der Waals surface area contributed by atoms with Gasteiger partial charge in [-0.2, -0.15) is 0 Å². The summed E-state index contributed by atoms with van der Waals surface area (Å²) < 4.78 is 27.1. The van der Waals surface area contributed by atoms with E-state index in [1.807, 2.05) is 0 Å². The normalized spacial score (nSPS) is 12.4. The van der Waals surface area contributed by atoms with Crippen molar-refractivity contribution in [1.29, 1.82) is 0 Å². The van der Waals surface area contributed by atoms with E-state index >= 15 is 0 Å². The maximum absolute atomic E-state index is 11.6.